The Kier molecular flexibility index (Phi) is 1.51. The first kappa shape index (κ1) is 6.01. The SMILES string of the molecule is NC1C(CO)C1CO. The zero-order valence-electron chi connectivity index (χ0n) is 4.62. The maximum Gasteiger partial charge on any atom is 0.0478 e. The lowest BCUT2D eigenvalue weighted by Gasteiger charge is -1.84. The molecule has 0 heterocycles. The van der Waals surface area contributed by atoms with E-state index in [4.69, 9.17) is 15.9 Å². The van der Waals surface area contributed by atoms with Gasteiger partial charge < -0.3 is 15.9 Å². The second-order valence-electron chi connectivity index (χ2n) is 2.27. The summed E-state index contributed by atoms with van der Waals surface area (Å²) >= 11 is 0. The molecule has 0 radical (unpaired) electrons. The van der Waals surface area contributed by atoms with Crippen molar-refractivity contribution in [1.29, 1.82) is 0 Å². The van der Waals surface area contributed by atoms with Crippen molar-refractivity contribution in [2.45, 2.75) is 6.04 Å². The van der Waals surface area contributed by atoms with Crippen LogP contribution in [0.15, 0.2) is 0 Å². The molecule has 2 atom stereocenters. The highest BCUT2D eigenvalue weighted by atomic mass is 16.3. The van der Waals surface area contributed by atoms with Crippen molar-refractivity contribution in [3.63, 3.8) is 0 Å². The smallest absolute Gasteiger partial charge is 0.0478 e. The van der Waals surface area contributed by atoms with E-state index in [1.807, 2.05) is 0 Å². The number of hydrogen-bond donors (Lipinski definition) is 3. The van der Waals surface area contributed by atoms with Gasteiger partial charge >= 0.3 is 0 Å². The summed E-state index contributed by atoms with van der Waals surface area (Å²) in [6, 6.07) is 0.0463. The van der Waals surface area contributed by atoms with Crippen LogP contribution in [0, 0.1) is 11.8 Å². The average molecular weight is 117 g/mol. The second kappa shape index (κ2) is 2.01. The molecule has 0 spiro atoms. The summed E-state index contributed by atoms with van der Waals surface area (Å²) in [6.45, 7) is 0.235. The van der Waals surface area contributed by atoms with E-state index in [9.17, 15) is 0 Å². The van der Waals surface area contributed by atoms with E-state index in [2.05, 4.69) is 0 Å². The average Bonchev–Trinajstić information content (AvgIpc) is 2.40. The molecule has 0 saturated heterocycles. The normalized spacial score (nSPS) is 44.6. The molecule has 48 valence electrons. The molecular formula is C5H11NO2. The largest absolute Gasteiger partial charge is 0.396 e. The maximum absolute atomic E-state index is 8.49. The predicted molar refractivity (Wildman–Crippen MR) is 29.1 cm³/mol. The van der Waals surface area contributed by atoms with Crippen molar-refractivity contribution in [1.82, 2.24) is 0 Å². The fourth-order valence-electron chi connectivity index (χ4n) is 0.989. The summed E-state index contributed by atoms with van der Waals surface area (Å²) in [4.78, 5) is 0. The molecule has 2 unspecified atom stereocenters. The highest BCUT2D eigenvalue weighted by Crippen LogP contribution is 2.35. The van der Waals surface area contributed by atoms with E-state index in [0.29, 0.717) is 0 Å². The molecule has 1 saturated carbocycles. The Balaban J connectivity index is 2.23. The maximum atomic E-state index is 8.49. The van der Waals surface area contributed by atoms with E-state index in [1.165, 1.54) is 0 Å². The van der Waals surface area contributed by atoms with Gasteiger partial charge in [-0.05, 0) is 0 Å². The number of rotatable bonds is 2. The minimum Gasteiger partial charge on any atom is -0.396 e. The standard InChI is InChI=1S/C5H11NO2/c6-5-3(1-7)4(5)2-8/h3-5,7-8H,1-2,6H2. The summed E-state index contributed by atoms with van der Waals surface area (Å²) in [7, 11) is 0. The third-order valence-electron chi connectivity index (χ3n) is 1.82. The molecule has 0 bridgehead atoms. The number of hydrogen-bond acceptors (Lipinski definition) is 3. The van der Waals surface area contributed by atoms with Gasteiger partial charge in [0.15, 0.2) is 0 Å². The first-order valence-electron chi connectivity index (χ1n) is 2.78. The molecule has 1 aliphatic carbocycles. The van der Waals surface area contributed by atoms with Gasteiger partial charge in [-0.15, -0.1) is 0 Å². The molecule has 3 heteroatoms. The monoisotopic (exact) mass is 117 g/mol. The van der Waals surface area contributed by atoms with E-state index < -0.39 is 0 Å². The van der Waals surface area contributed by atoms with Gasteiger partial charge in [-0.1, -0.05) is 0 Å². The number of nitrogens with two attached hydrogens (primary N) is 1. The highest BCUT2D eigenvalue weighted by Gasteiger charge is 2.46. The van der Waals surface area contributed by atoms with Crippen LogP contribution in [0.25, 0.3) is 0 Å². The minimum absolute atomic E-state index is 0.0463. The van der Waals surface area contributed by atoms with Crippen molar-refractivity contribution in [2.75, 3.05) is 13.2 Å². The second-order valence-corrected chi connectivity index (χ2v) is 2.27. The van der Waals surface area contributed by atoms with Crippen LogP contribution in [-0.4, -0.2) is 29.5 Å². The van der Waals surface area contributed by atoms with Gasteiger partial charge in [-0.25, -0.2) is 0 Å². The fourth-order valence-corrected chi connectivity index (χ4v) is 0.989. The summed E-state index contributed by atoms with van der Waals surface area (Å²) in [5.41, 5.74) is 5.41. The Morgan fingerprint density at radius 2 is 1.50 bits per heavy atom. The van der Waals surface area contributed by atoms with Crippen LogP contribution in [0.5, 0.6) is 0 Å². The fraction of sp³-hybridized carbons (Fsp3) is 1.00. The zero-order valence-corrected chi connectivity index (χ0v) is 4.62. The van der Waals surface area contributed by atoms with Crippen molar-refractivity contribution >= 4 is 0 Å². The topological polar surface area (TPSA) is 66.5 Å². The molecule has 8 heavy (non-hydrogen) atoms. The molecule has 1 aliphatic rings. The van der Waals surface area contributed by atoms with E-state index in [0.717, 1.165) is 0 Å². The van der Waals surface area contributed by atoms with Gasteiger partial charge in [0.05, 0.1) is 0 Å². The Bertz CT molecular complexity index is 76.5. The van der Waals surface area contributed by atoms with Crippen molar-refractivity contribution in [2.24, 2.45) is 17.6 Å². The van der Waals surface area contributed by atoms with Crippen molar-refractivity contribution in [3.8, 4) is 0 Å². The molecule has 1 rings (SSSR count). The Hall–Kier alpha value is -0.120. The summed E-state index contributed by atoms with van der Waals surface area (Å²) in [5, 5.41) is 17.0. The molecule has 0 amide bonds. The Morgan fingerprint density at radius 1 is 1.12 bits per heavy atom. The summed E-state index contributed by atoms with van der Waals surface area (Å²) in [5.74, 6) is 0.333. The molecule has 4 N–H and O–H groups in total. The molecular weight excluding hydrogens is 106 g/mol. The molecule has 1 fully saturated rings. The first-order valence-corrected chi connectivity index (χ1v) is 2.78. The molecule has 3 nitrogen and oxygen atoms in total. The quantitative estimate of drug-likeness (QED) is 0.414. The first-order chi connectivity index (χ1) is 3.81. The van der Waals surface area contributed by atoms with Crippen LogP contribution >= 0.6 is 0 Å². The molecule has 0 aliphatic heterocycles. The van der Waals surface area contributed by atoms with Crippen molar-refractivity contribution in [3.05, 3.63) is 0 Å². The highest BCUT2D eigenvalue weighted by molar-refractivity contribution is 4.99. The van der Waals surface area contributed by atoms with Crippen molar-refractivity contribution < 1.29 is 10.2 Å². The third-order valence-corrected chi connectivity index (χ3v) is 1.82. The van der Waals surface area contributed by atoms with Crippen LogP contribution in [0.4, 0.5) is 0 Å². The summed E-state index contributed by atoms with van der Waals surface area (Å²) in [6.07, 6.45) is 0. The Labute approximate surface area is 48.1 Å². The van der Waals surface area contributed by atoms with Gasteiger partial charge in [0.2, 0.25) is 0 Å². The lowest BCUT2D eigenvalue weighted by Crippen LogP contribution is -2.05. The third kappa shape index (κ3) is 0.727. The molecule has 0 aromatic rings. The van der Waals surface area contributed by atoms with Crippen LogP contribution in [0.1, 0.15) is 0 Å². The van der Waals surface area contributed by atoms with Gasteiger partial charge in [-0.3, -0.25) is 0 Å². The van der Waals surface area contributed by atoms with Crippen LogP contribution < -0.4 is 5.73 Å². The summed E-state index contributed by atoms with van der Waals surface area (Å²) < 4.78 is 0. The lowest BCUT2D eigenvalue weighted by molar-refractivity contribution is 0.232. The van der Waals surface area contributed by atoms with Crippen LogP contribution in [0.2, 0.25) is 0 Å². The van der Waals surface area contributed by atoms with E-state index in [1.54, 1.807) is 0 Å². The Morgan fingerprint density at radius 3 is 1.62 bits per heavy atom. The lowest BCUT2D eigenvalue weighted by atomic mass is 10.3. The van der Waals surface area contributed by atoms with Gasteiger partial charge in [0.25, 0.3) is 0 Å². The number of aliphatic hydroxyl groups excluding tert-OH is 2. The molecule has 0 aromatic heterocycles. The van der Waals surface area contributed by atoms with Gasteiger partial charge in [-0.2, -0.15) is 0 Å². The number of aliphatic hydroxyl groups is 2. The zero-order chi connectivity index (χ0) is 6.15. The van der Waals surface area contributed by atoms with Crippen LogP contribution in [-0.2, 0) is 0 Å². The van der Waals surface area contributed by atoms with Crippen LogP contribution in [0.3, 0.4) is 0 Å². The van der Waals surface area contributed by atoms with E-state index >= 15 is 0 Å². The minimum atomic E-state index is 0.0463. The van der Waals surface area contributed by atoms with Gasteiger partial charge in [0.1, 0.15) is 0 Å². The predicted octanol–water partition coefficient (Wildman–Crippen LogP) is -1.46. The molecule has 0 aromatic carbocycles. The van der Waals surface area contributed by atoms with E-state index in [-0.39, 0.29) is 31.1 Å². The van der Waals surface area contributed by atoms with Gasteiger partial charge in [0, 0.05) is 31.1 Å².